The third kappa shape index (κ3) is 7.03. The van der Waals surface area contributed by atoms with Crippen molar-refractivity contribution in [1.82, 2.24) is 24.4 Å². The van der Waals surface area contributed by atoms with Gasteiger partial charge in [-0.3, -0.25) is 14.6 Å². The molecule has 5 aromatic rings. The first-order valence-corrected chi connectivity index (χ1v) is 15.7. The molecular formula is C35H34ClFN8O4. The number of rotatable bonds is 10. The lowest BCUT2D eigenvalue weighted by Gasteiger charge is -2.21. The molecule has 12 nitrogen and oxygen atoms in total. The SMILES string of the molecule is COc1cc(NCc2cnc(C(=O)Nc3cccc(-c4cccc(NC(=O)c5nc6c(n5C)CCN(C)C6)c4Cl)c3F)cc2OC)ccn1. The van der Waals surface area contributed by atoms with Crippen molar-refractivity contribution in [2.75, 3.05) is 43.8 Å². The summed E-state index contributed by atoms with van der Waals surface area (Å²) in [6.45, 7) is 1.89. The Bertz CT molecular complexity index is 2050. The molecule has 49 heavy (non-hydrogen) atoms. The fourth-order valence-electron chi connectivity index (χ4n) is 5.64. The molecule has 6 rings (SSSR count). The van der Waals surface area contributed by atoms with Crippen molar-refractivity contribution in [3.8, 4) is 22.8 Å². The summed E-state index contributed by atoms with van der Waals surface area (Å²) < 4.78 is 28.4. The van der Waals surface area contributed by atoms with E-state index in [4.69, 9.17) is 21.1 Å². The summed E-state index contributed by atoms with van der Waals surface area (Å²) in [5.74, 6) is -0.617. The third-order valence-corrected chi connectivity index (χ3v) is 8.66. The molecule has 3 N–H and O–H groups in total. The second-order valence-corrected chi connectivity index (χ2v) is 11.8. The van der Waals surface area contributed by atoms with E-state index in [-0.39, 0.29) is 27.8 Å². The van der Waals surface area contributed by atoms with Gasteiger partial charge in [0.2, 0.25) is 5.88 Å². The molecule has 0 atom stereocenters. The molecule has 2 aromatic carbocycles. The predicted octanol–water partition coefficient (Wildman–Crippen LogP) is 5.79. The predicted molar refractivity (Wildman–Crippen MR) is 185 cm³/mol. The topological polar surface area (TPSA) is 136 Å². The van der Waals surface area contributed by atoms with E-state index in [2.05, 4.69) is 35.8 Å². The number of halogens is 2. The first kappa shape index (κ1) is 33.4. The molecule has 0 bridgehead atoms. The lowest BCUT2D eigenvalue weighted by molar-refractivity contribution is 0.100. The summed E-state index contributed by atoms with van der Waals surface area (Å²) >= 11 is 6.75. The van der Waals surface area contributed by atoms with Crippen LogP contribution in [0, 0.1) is 5.82 Å². The summed E-state index contributed by atoms with van der Waals surface area (Å²) in [6.07, 6.45) is 3.93. The van der Waals surface area contributed by atoms with Gasteiger partial charge in [0.05, 0.1) is 36.3 Å². The summed E-state index contributed by atoms with van der Waals surface area (Å²) in [6, 6.07) is 14.5. The fraction of sp³-hybridized carbons (Fsp3) is 0.229. The zero-order valence-corrected chi connectivity index (χ0v) is 28.1. The van der Waals surface area contributed by atoms with E-state index < -0.39 is 17.6 Å². The van der Waals surface area contributed by atoms with Crippen molar-refractivity contribution >= 4 is 40.5 Å². The molecule has 4 heterocycles. The normalized spacial score (nSPS) is 12.6. The number of amides is 2. The van der Waals surface area contributed by atoms with E-state index in [1.807, 2.05) is 14.1 Å². The monoisotopic (exact) mass is 684 g/mol. The van der Waals surface area contributed by atoms with Crippen LogP contribution in [-0.4, -0.2) is 64.0 Å². The Morgan fingerprint density at radius 2 is 1.71 bits per heavy atom. The molecule has 252 valence electrons. The minimum atomic E-state index is -0.706. The molecule has 1 aliphatic rings. The Hall–Kier alpha value is -5.53. The Morgan fingerprint density at radius 3 is 2.49 bits per heavy atom. The molecule has 14 heteroatoms. The number of anilines is 3. The van der Waals surface area contributed by atoms with Crippen LogP contribution in [-0.2, 0) is 26.6 Å². The maximum absolute atomic E-state index is 16.0. The van der Waals surface area contributed by atoms with Crippen molar-refractivity contribution in [1.29, 1.82) is 0 Å². The number of likely N-dealkylation sites (N-methyl/N-ethyl adjacent to an activating group) is 1. The molecule has 0 spiro atoms. The number of fused-ring (bicyclic) bond motifs is 1. The smallest absolute Gasteiger partial charge is 0.291 e. The van der Waals surface area contributed by atoms with Crippen LogP contribution in [0.15, 0.2) is 67.0 Å². The molecule has 0 radical (unpaired) electrons. The molecule has 1 aliphatic heterocycles. The van der Waals surface area contributed by atoms with Crippen LogP contribution in [0.4, 0.5) is 21.5 Å². The van der Waals surface area contributed by atoms with Gasteiger partial charge in [-0.2, -0.15) is 0 Å². The average Bonchev–Trinajstić information content (AvgIpc) is 3.44. The zero-order chi connectivity index (χ0) is 34.7. The van der Waals surface area contributed by atoms with Gasteiger partial charge in [-0.15, -0.1) is 0 Å². The molecule has 3 aromatic heterocycles. The van der Waals surface area contributed by atoms with Crippen LogP contribution in [0.1, 0.15) is 38.1 Å². The fourth-order valence-corrected chi connectivity index (χ4v) is 5.92. The molecule has 0 saturated carbocycles. The highest BCUT2D eigenvalue weighted by Crippen LogP contribution is 2.37. The van der Waals surface area contributed by atoms with E-state index in [1.54, 1.807) is 53.2 Å². The van der Waals surface area contributed by atoms with Crippen molar-refractivity contribution in [2.24, 2.45) is 7.05 Å². The van der Waals surface area contributed by atoms with Gasteiger partial charge in [0, 0.05) is 85.7 Å². The van der Waals surface area contributed by atoms with Crippen LogP contribution in [0.25, 0.3) is 11.1 Å². The number of carbonyl (C=O) groups excluding carboxylic acids is 2. The third-order valence-electron chi connectivity index (χ3n) is 8.26. The summed E-state index contributed by atoms with van der Waals surface area (Å²) in [5.41, 5.74) is 4.07. The van der Waals surface area contributed by atoms with Crippen molar-refractivity contribution in [2.45, 2.75) is 19.5 Å². The lowest BCUT2D eigenvalue weighted by atomic mass is 10.0. The Morgan fingerprint density at radius 1 is 0.959 bits per heavy atom. The van der Waals surface area contributed by atoms with E-state index >= 15 is 4.39 Å². The van der Waals surface area contributed by atoms with Crippen LogP contribution in [0.5, 0.6) is 11.6 Å². The molecule has 0 aliphatic carbocycles. The largest absolute Gasteiger partial charge is 0.496 e. The van der Waals surface area contributed by atoms with E-state index in [1.165, 1.54) is 32.5 Å². The van der Waals surface area contributed by atoms with Crippen molar-refractivity contribution in [3.05, 3.63) is 106 Å². The Labute approximate surface area is 287 Å². The van der Waals surface area contributed by atoms with Crippen molar-refractivity contribution < 1.29 is 23.5 Å². The quantitative estimate of drug-likeness (QED) is 0.167. The Kier molecular flexibility index (Phi) is 9.74. The first-order chi connectivity index (χ1) is 23.7. The number of hydrogen-bond acceptors (Lipinski definition) is 9. The van der Waals surface area contributed by atoms with Gasteiger partial charge in [0.15, 0.2) is 11.6 Å². The van der Waals surface area contributed by atoms with E-state index in [0.717, 1.165) is 30.0 Å². The van der Waals surface area contributed by atoms with Gasteiger partial charge in [-0.25, -0.2) is 14.4 Å². The Balaban J connectivity index is 1.18. The van der Waals surface area contributed by atoms with Crippen LogP contribution < -0.4 is 25.4 Å². The van der Waals surface area contributed by atoms with Gasteiger partial charge in [-0.1, -0.05) is 35.9 Å². The van der Waals surface area contributed by atoms with E-state index in [9.17, 15) is 9.59 Å². The standard InChI is InChI=1S/C35H34ClFN8O4/c1-44-14-12-28-27(19-44)41-33(45(28)2)35(47)42-24-9-5-7-22(31(24)36)23-8-6-10-25(32(23)37)43-34(46)26-16-29(48-3)20(18-40-26)17-39-21-11-13-38-30(15-21)49-4/h5-11,13,15-16,18H,12,14,17,19H2,1-4H3,(H,38,39)(H,42,47)(H,43,46). The molecular weight excluding hydrogens is 651 g/mol. The second-order valence-electron chi connectivity index (χ2n) is 11.4. The highest BCUT2D eigenvalue weighted by atomic mass is 35.5. The number of hydrogen-bond donors (Lipinski definition) is 3. The average molecular weight is 685 g/mol. The molecule has 2 amide bonds. The first-order valence-electron chi connectivity index (χ1n) is 15.4. The number of pyridine rings is 2. The minimum Gasteiger partial charge on any atom is -0.496 e. The number of carbonyl (C=O) groups is 2. The number of imidazole rings is 1. The minimum absolute atomic E-state index is 0.0290. The summed E-state index contributed by atoms with van der Waals surface area (Å²) in [4.78, 5) is 41.6. The number of methoxy groups -OCH3 is 2. The number of aromatic nitrogens is 4. The van der Waals surface area contributed by atoms with E-state index in [0.29, 0.717) is 41.5 Å². The highest BCUT2D eigenvalue weighted by Gasteiger charge is 2.25. The van der Waals surface area contributed by atoms with Crippen molar-refractivity contribution in [3.63, 3.8) is 0 Å². The summed E-state index contributed by atoms with van der Waals surface area (Å²) in [7, 11) is 6.85. The van der Waals surface area contributed by atoms with Crippen LogP contribution in [0.2, 0.25) is 5.02 Å². The molecule has 0 fully saturated rings. The van der Waals surface area contributed by atoms with Gasteiger partial charge in [0.1, 0.15) is 11.4 Å². The summed E-state index contributed by atoms with van der Waals surface area (Å²) in [5, 5.41) is 8.81. The number of nitrogens with one attached hydrogen (secondary N) is 3. The maximum Gasteiger partial charge on any atom is 0.291 e. The van der Waals surface area contributed by atoms with Gasteiger partial charge in [0.25, 0.3) is 11.8 Å². The second kappa shape index (κ2) is 14.3. The van der Waals surface area contributed by atoms with Crippen LogP contribution >= 0.6 is 11.6 Å². The highest BCUT2D eigenvalue weighted by molar-refractivity contribution is 6.36. The number of nitrogens with zero attached hydrogens (tertiary/aromatic N) is 5. The zero-order valence-electron chi connectivity index (χ0n) is 27.3. The number of benzene rings is 2. The maximum atomic E-state index is 16.0. The lowest BCUT2D eigenvalue weighted by Crippen LogP contribution is -2.27. The number of ether oxygens (including phenoxy) is 2. The van der Waals surface area contributed by atoms with Crippen LogP contribution in [0.3, 0.4) is 0 Å². The van der Waals surface area contributed by atoms with Gasteiger partial charge < -0.3 is 34.9 Å². The molecule has 0 unspecified atom stereocenters. The molecule has 0 saturated heterocycles. The van der Waals surface area contributed by atoms with Gasteiger partial charge in [-0.05, 0) is 25.2 Å². The van der Waals surface area contributed by atoms with Gasteiger partial charge >= 0.3 is 0 Å².